The number of rotatable bonds is 2. The Morgan fingerprint density at radius 1 is 1.22 bits per heavy atom. The lowest BCUT2D eigenvalue weighted by Crippen LogP contribution is -2.51. The molecule has 1 aromatic carbocycles. The molecule has 4 atom stereocenters. The van der Waals surface area contributed by atoms with Crippen molar-refractivity contribution in [3.63, 3.8) is 0 Å². The minimum absolute atomic E-state index is 0.0115. The Morgan fingerprint density at radius 2 is 1.91 bits per heavy atom. The first-order valence-electron chi connectivity index (χ1n) is 8.78. The highest BCUT2D eigenvalue weighted by molar-refractivity contribution is 5.43. The highest BCUT2D eigenvalue weighted by Gasteiger charge is 2.53. The highest BCUT2D eigenvalue weighted by Crippen LogP contribution is 2.59. The molecule has 3 nitrogen and oxygen atoms in total. The molecule has 0 unspecified atom stereocenters. The fourth-order valence-electron chi connectivity index (χ4n) is 5.12. The maximum atomic E-state index is 10.8. The molecule has 0 aliphatic heterocycles. The van der Waals surface area contributed by atoms with E-state index < -0.39 is 11.7 Å². The van der Waals surface area contributed by atoms with Crippen LogP contribution in [-0.4, -0.2) is 21.9 Å². The van der Waals surface area contributed by atoms with Crippen LogP contribution < -0.4 is 0 Å². The van der Waals surface area contributed by atoms with E-state index in [2.05, 4.69) is 19.9 Å². The van der Waals surface area contributed by atoms with Crippen molar-refractivity contribution in [1.29, 1.82) is 0 Å². The zero-order chi connectivity index (χ0) is 17.0. The number of hydrogen-bond acceptors (Lipinski definition) is 3. The van der Waals surface area contributed by atoms with Gasteiger partial charge in [-0.1, -0.05) is 38.5 Å². The minimum Gasteiger partial charge on any atom is -0.396 e. The molecule has 1 saturated carbocycles. The number of hydrogen-bond donors (Lipinski definition) is 3. The molecule has 2 aliphatic carbocycles. The van der Waals surface area contributed by atoms with Gasteiger partial charge in [0.05, 0.1) is 11.7 Å². The van der Waals surface area contributed by atoms with Gasteiger partial charge in [-0.15, -0.1) is 0 Å². The second-order valence-electron chi connectivity index (χ2n) is 8.75. The predicted octanol–water partition coefficient (Wildman–Crippen LogP) is 3.41. The summed E-state index contributed by atoms with van der Waals surface area (Å²) in [7, 11) is 0. The van der Waals surface area contributed by atoms with Gasteiger partial charge < -0.3 is 15.3 Å². The predicted molar refractivity (Wildman–Crippen MR) is 91.1 cm³/mol. The van der Waals surface area contributed by atoms with Gasteiger partial charge in [0.1, 0.15) is 0 Å². The fraction of sp³-hybridized carbons (Fsp3) is 0.700. The average molecular weight is 318 g/mol. The van der Waals surface area contributed by atoms with Crippen molar-refractivity contribution in [2.24, 2.45) is 11.3 Å². The summed E-state index contributed by atoms with van der Waals surface area (Å²) in [5, 5.41) is 31.0. The molecule has 128 valence electrons. The molecule has 3 heteroatoms. The van der Waals surface area contributed by atoms with Crippen molar-refractivity contribution in [3.8, 4) is 0 Å². The van der Waals surface area contributed by atoms with Gasteiger partial charge in [0.2, 0.25) is 0 Å². The first-order chi connectivity index (χ1) is 10.6. The summed E-state index contributed by atoms with van der Waals surface area (Å²) in [6.07, 6.45) is 3.39. The maximum absolute atomic E-state index is 10.8. The van der Waals surface area contributed by atoms with Gasteiger partial charge >= 0.3 is 0 Å². The lowest BCUT2D eigenvalue weighted by Gasteiger charge is -2.56. The van der Waals surface area contributed by atoms with Gasteiger partial charge in [-0.3, -0.25) is 0 Å². The molecule has 1 aromatic rings. The fourth-order valence-corrected chi connectivity index (χ4v) is 5.12. The molecule has 0 heterocycles. The Hall–Kier alpha value is -0.900. The van der Waals surface area contributed by atoms with E-state index in [1.54, 1.807) is 13.8 Å². The van der Waals surface area contributed by atoms with E-state index in [0.717, 1.165) is 30.4 Å². The van der Waals surface area contributed by atoms with E-state index in [0.29, 0.717) is 6.42 Å². The van der Waals surface area contributed by atoms with E-state index >= 15 is 0 Å². The standard InChI is InChI=1S/C20H30O3/c1-18(2,23)13-6-7-15-14(10-13)16(22)11-17-19(3,12-21)8-5-9-20(15,17)4/h6-7,10,16-17,21-23H,5,8-9,11-12H2,1-4H3/t16-,17+,19+,20-/m1/s1. The molecule has 23 heavy (non-hydrogen) atoms. The maximum Gasteiger partial charge on any atom is 0.0840 e. The monoisotopic (exact) mass is 318 g/mol. The van der Waals surface area contributed by atoms with Crippen molar-refractivity contribution < 1.29 is 15.3 Å². The van der Waals surface area contributed by atoms with Crippen LogP contribution in [0.5, 0.6) is 0 Å². The van der Waals surface area contributed by atoms with Gasteiger partial charge in [0.15, 0.2) is 0 Å². The second-order valence-corrected chi connectivity index (χ2v) is 8.75. The van der Waals surface area contributed by atoms with Crippen LogP contribution >= 0.6 is 0 Å². The molecule has 2 aliphatic rings. The zero-order valence-electron chi connectivity index (χ0n) is 14.8. The van der Waals surface area contributed by atoms with Gasteiger partial charge in [0.25, 0.3) is 0 Å². The number of aliphatic hydroxyl groups is 3. The molecule has 0 spiro atoms. The SMILES string of the molecule is CC(C)(O)c1ccc2c(c1)[C@H](O)C[C@H]1[C@](C)(CO)CCC[C@]21C. The topological polar surface area (TPSA) is 60.7 Å². The van der Waals surface area contributed by atoms with Crippen molar-refractivity contribution in [1.82, 2.24) is 0 Å². The van der Waals surface area contributed by atoms with Crippen LogP contribution in [0.1, 0.15) is 76.2 Å². The van der Waals surface area contributed by atoms with Gasteiger partial charge in [0, 0.05) is 6.61 Å². The summed E-state index contributed by atoms with van der Waals surface area (Å²) in [4.78, 5) is 0. The van der Waals surface area contributed by atoms with Crippen molar-refractivity contribution >= 4 is 0 Å². The molecular formula is C20H30O3. The molecule has 3 N–H and O–H groups in total. The van der Waals surface area contributed by atoms with Crippen LogP contribution in [0, 0.1) is 11.3 Å². The lowest BCUT2D eigenvalue weighted by atomic mass is 9.49. The quantitative estimate of drug-likeness (QED) is 0.783. The first-order valence-corrected chi connectivity index (χ1v) is 8.78. The van der Waals surface area contributed by atoms with Crippen molar-refractivity contribution in [2.75, 3.05) is 6.61 Å². The minimum atomic E-state index is -0.904. The average Bonchev–Trinajstić information content (AvgIpc) is 2.49. The van der Waals surface area contributed by atoms with E-state index in [1.807, 2.05) is 12.1 Å². The van der Waals surface area contributed by atoms with Crippen LogP contribution in [0.2, 0.25) is 0 Å². The summed E-state index contributed by atoms with van der Waals surface area (Å²) >= 11 is 0. The largest absolute Gasteiger partial charge is 0.396 e. The van der Waals surface area contributed by atoms with Gasteiger partial charge in [-0.25, -0.2) is 0 Å². The summed E-state index contributed by atoms with van der Waals surface area (Å²) in [5.74, 6) is 0.282. The smallest absolute Gasteiger partial charge is 0.0840 e. The molecule has 0 saturated heterocycles. The van der Waals surface area contributed by atoms with Crippen molar-refractivity contribution in [2.45, 2.75) is 70.5 Å². The van der Waals surface area contributed by atoms with Crippen LogP contribution in [0.25, 0.3) is 0 Å². The third-order valence-corrected chi connectivity index (χ3v) is 6.61. The summed E-state index contributed by atoms with van der Waals surface area (Å²) < 4.78 is 0. The first kappa shape index (κ1) is 16.9. The van der Waals surface area contributed by atoms with E-state index in [-0.39, 0.29) is 23.4 Å². The summed E-state index contributed by atoms with van der Waals surface area (Å²) in [5.41, 5.74) is 1.97. The van der Waals surface area contributed by atoms with Crippen LogP contribution in [0.15, 0.2) is 18.2 Å². The van der Waals surface area contributed by atoms with E-state index in [4.69, 9.17) is 0 Å². The van der Waals surface area contributed by atoms with Crippen molar-refractivity contribution in [3.05, 3.63) is 34.9 Å². The molecule has 0 amide bonds. The summed E-state index contributed by atoms with van der Waals surface area (Å²) in [6.45, 7) is 8.18. The Labute approximate surface area is 139 Å². The Balaban J connectivity index is 2.12. The van der Waals surface area contributed by atoms with Crippen LogP contribution in [0.4, 0.5) is 0 Å². The zero-order valence-corrected chi connectivity index (χ0v) is 14.8. The lowest BCUT2D eigenvalue weighted by molar-refractivity contribution is -0.0464. The molecular weight excluding hydrogens is 288 g/mol. The summed E-state index contributed by atoms with van der Waals surface area (Å²) in [6, 6.07) is 6.07. The van der Waals surface area contributed by atoms with E-state index in [1.165, 1.54) is 5.56 Å². The molecule has 1 fully saturated rings. The van der Waals surface area contributed by atoms with Crippen LogP contribution in [0.3, 0.4) is 0 Å². The normalized spacial score (nSPS) is 37.2. The van der Waals surface area contributed by atoms with E-state index in [9.17, 15) is 15.3 Å². The molecule has 0 bridgehead atoms. The number of aliphatic hydroxyl groups excluding tert-OH is 2. The number of fused-ring (bicyclic) bond motifs is 3. The van der Waals surface area contributed by atoms with Crippen LogP contribution in [-0.2, 0) is 11.0 Å². The molecule has 0 aromatic heterocycles. The highest BCUT2D eigenvalue weighted by atomic mass is 16.3. The number of benzene rings is 1. The Morgan fingerprint density at radius 3 is 2.52 bits per heavy atom. The van der Waals surface area contributed by atoms with Gasteiger partial charge in [-0.05, 0) is 66.5 Å². The third-order valence-electron chi connectivity index (χ3n) is 6.61. The Bertz CT molecular complexity index is 603. The van der Waals surface area contributed by atoms with Gasteiger partial charge in [-0.2, -0.15) is 0 Å². The molecule has 3 rings (SSSR count). The third kappa shape index (κ3) is 2.54. The Kier molecular flexibility index (Phi) is 3.90. The second kappa shape index (κ2) is 5.30. The molecule has 0 radical (unpaired) electrons.